The van der Waals surface area contributed by atoms with Crippen molar-refractivity contribution in [1.82, 2.24) is 0 Å². The van der Waals surface area contributed by atoms with Gasteiger partial charge in [0.1, 0.15) is 11.5 Å². The van der Waals surface area contributed by atoms with E-state index in [9.17, 15) is 13.6 Å². The van der Waals surface area contributed by atoms with Gasteiger partial charge in [-0.2, -0.15) is 8.78 Å². The van der Waals surface area contributed by atoms with E-state index in [1.807, 2.05) is 6.07 Å². The van der Waals surface area contributed by atoms with Gasteiger partial charge < -0.3 is 9.47 Å². The van der Waals surface area contributed by atoms with Gasteiger partial charge in [0.2, 0.25) is 0 Å². The van der Waals surface area contributed by atoms with Gasteiger partial charge in [0.05, 0.1) is 7.11 Å². The Morgan fingerprint density at radius 1 is 1.09 bits per heavy atom. The smallest absolute Gasteiger partial charge is 0.387 e. The van der Waals surface area contributed by atoms with Crippen LogP contribution >= 0.6 is 0 Å². The quantitative estimate of drug-likeness (QED) is 0.593. The van der Waals surface area contributed by atoms with Crippen molar-refractivity contribution >= 4 is 11.9 Å². The van der Waals surface area contributed by atoms with Gasteiger partial charge in [-0.1, -0.05) is 30.3 Å². The number of hydrogen-bond acceptors (Lipinski definition) is 3. The van der Waals surface area contributed by atoms with Gasteiger partial charge in [-0.05, 0) is 35.9 Å². The maximum absolute atomic E-state index is 12.2. The van der Waals surface area contributed by atoms with Gasteiger partial charge in [-0.15, -0.1) is 0 Å². The third-order valence-corrected chi connectivity index (χ3v) is 2.86. The van der Waals surface area contributed by atoms with E-state index in [1.165, 1.54) is 30.3 Å². The number of carbonyl (C=O) groups is 1. The average molecular weight is 304 g/mol. The van der Waals surface area contributed by atoms with Crippen LogP contribution in [-0.2, 0) is 0 Å². The second kappa shape index (κ2) is 7.36. The molecule has 3 nitrogen and oxygen atoms in total. The highest BCUT2D eigenvalue weighted by Gasteiger charge is 2.07. The number of ketones is 1. The maximum atomic E-state index is 12.2. The number of rotatable bonds is 6. The minimum absolute atomic E-state index is 0.0457. The van der Waals surface area contributed by atoms with Crippen LogP contribution in [0.25, 0.3) is 6.08 Å². The molecule has 0 unspecified atom stereocenters. The Balaban J connectivity index is 2.12. The van der Waals surface area contributed by atoms with Crippen molar-refractivity contribution in [2.45, 2.75) is 6.61 Å². The largest absolute Gasteiger partial charge is 0.497 e. The third kappa shape index (κ3) is 4.41. The minimum atomic E-state index is -2.92. The number of halogens is 2. The molecule has 114 valence electrons. The van der Waals surface area contributed by atoms with Crippen molar-refractivity contribution < 1.29 is 23.0 Å². The monoisotopic (exact) mass is 304 g/mol. The molecule has 0 aliphatic heterocycles. The molecular formula is C17H14F2O3. The predicted molar refractivity (Wildman–Crippen MR) is 79.4 cm³/mol. The number of ether oxygens (including phenoxy) is 2. The molecule has 0 saturated carbocycles. The summed E-state index contributed by atoms with van der Waals surface area (Å²) in [6.45, 7) is -2.92. The van der Waals surface area contributed by atoms with E-state index in [4.69, 9.17) is 4.74 Å². The van der Waals surface area contributed by atoms with Crippen LogP contribution in [0.4, 0.5) is 8.78 Å². The molecule has 0 heterocycles. The van der Waals surface area contributed by atoms with E-state index in [-0.39, 0.29) is 17.1 Å². The van der Waals surface area contributed by atoms with Gasteiger partial charge in [-0.3, -0.25) is 4.79 Å². The van der Waals surface area contributed by atoms with Gasteiger partial charge in [0, 0.05) is 5.56 Å². The summed E-state index contributed by atoms with van der Waals surface area (Å²) >= 11 is 0. The van der Waals surface area contributed by atoms with Crippen LogP contribution in [0.2, 0.25) is 0 Å². The number of hydrogen-bond donors (Lipinski definition) is 0. The lowest BCUT2D eigenvalue weighted by atomic mass is 10.1. The third-order valence-electron chi connectivity index (χ3n) is 2.86. The first-order chi connectivity index (χ1) is 10.6. The first-order valence-electron chi connectivity index (χ1n) is 6.50. The van der Waals surface area contributed by atoms with Crippen molar-refractivity contribution in [3.8, 4) is 11.5 Å². The van der Waals surface area contributed by atoms with E-state index in [0.29, 0.717) is 5.75 Å². The molecule has 0 spiro atoms. The first kappa shape index (κ1) is 15.7. The van der Waals surface area contributed by atoms with Crippen molar-refractivity contribution in [3.05, 3.63) is 65.7 Å². The topological polar surface area (TPSA) is 35.5 Å². The summed E-state index contributed by atoms with van der Waals surface area (Å²) in [5, 5.41) is 0. The molecule has 5 heteroatoms. The van der Waals surface area contributed by atoms with E-state index >= 15 is 0 Å². The molecule has 22 heavy (non-hydrogen) atoms. The molecule has 0 amide bonds. The van der Waals surface area contributed by atoms with Gasteiger partial charge in [0.25, 0.3) is 0 Å². The number of carbonyl (C=O) groups excluding carboxylic acids is 1. The fourth-order valence-electron chi connectivity index (χ4n) is 1.84. The van der Waals surface area contributed by atoms with Crippen LogP contribution in [-0.4, -0.2) is 19.5 Å². The average Bonchev–Trinajstić information content (AvgIpc) is 2.52. The molecule has 0 fully saturated rings. The highest BCUT2D eigenvalue weighted by molar-refractivity contribution is 6.07. The fourth-order valence-corrected chi connectivity index (χ4v) is 1.84. The zero-order valence-corrected chi connectivity index (χ0v) is 11.8. The Bertz CT molecular complexity index is 681. The summed E-state index contributed by atoms with van der Waals surface area (Å²) in [6, 6.07) is 12.9. The van der Waals surface area contributed by atoms with Crippen molar-refractivity contribution in [1.29, 1.82) is 0 Å². The van der Waals surface area contributed by atoms with Crippen molar-refractivity contribution in [2.75, 3.05) is 7.11 Å². The van der Waals surface area contributed by atoms with Crippen LogP contribution < -0.4 is 9.47 Å². The lowest BCUT2D eigenvalue weighted by Gasteiger charge is -2.05. The first-order valence-corrected chi connectivity index (χ1v) is 6.50. The van der Waals surface area contributed by atoms with Crippen LogP contribution in [0.15, 0.2) is 54.6 Å². The summed E-state index contributed by atoms with van der Waals surface area (Å²) in [6.07, 6.45) is 3.00. The normalized spacial score (nSPS) is 10.9. The summed E-state index contributed by atoms with van der Waals surface area (Å²) in [5.41, 5.74) is 1.07. The molecule has 2 rings (SSSR count). The molecule has 0 aromatic heterocycles. The summed E-state index contributed by atoms with van der Waals surface area (Å²) < 4.78 is 33.7. The van der Waals surface area contributed by atoms with Crippen LogP contribution in [0.1, 0.15) is 15.9 Å². The summed E-state index contributed by atoms with van der Waals surface area (Å²) in [4.78, 5) is 12.0. The van der Waals surface area contributed by atoms with Gasteiger partial charge in [-0.25, -0.2) is 0 Å². The summed E-state index contributed by atoms with van der Waals surface area (Å²) in [7, 11) is 1.56. The van der Waals surface area contributed by atoms with Crippen molar-refractivity contribution in [2.24, 2.45) is 0 Å². The Kier molecular flexibility index (Phi) is 5.25. The molecule has 0 radical (unpaired) electrons. The maximum Gasteiger partial charge on any atom is 0.387 e. The zero-order valence-electron chi connectivity index (χ0n) is 11.8. The summed E-state index contributed by atoms with van der Waals surface area (Å²) in [5.74, 6) is 0.333. The molecule has 2 aromatic carbocycles. The van der Waals surface area contributed by atoms with Crippen molar-refractivity contribution in [3.63, 3.8) is 0 Å². The Morgan fingerprint density at radius 2 is 1.82 bits per heavy atom. The van der Waals surface area contributed by atoms with Gasteiger partial charge in [0.15, 0.2) is 5.78 Å². The molecule has 0 aliphatic rings. The lowest BCUT2D eigenvalue weighted by molar-refractivity contribution is -0.0498. The van der Waals surface area contributed by atoms with Crippen LogP contribution in [0, 0.1) is 0 Å². The number of methoxy groups -OCH3 is 1. The fraction of sp³-hybridized carbons (Fsp3) is 0.118. The second-order valence-corrected chi connectivity index (χ2v) is 4.38. The van der Waals surface area contributed by atoms with Crippen LogP contribution in [0.3, 0.4) is 0 Å². The molecule has 0 saturated heterocycles. The van der Waals surface area contributed by atoms with E-state index in [0.717, 1.165) is 5.56 Å². The molecule has 0 atom stereocenters. The minimum Gasteiger partial charge on any atom is -0.497 e. The number of benzene rings is 2. The Morgan fingerprint density at radius 3 is 2.55 bits per heavy atom. The Labute approximate surface area is 126 Å². The van der Waals surface area contributed by atoms with E-state index in [1.54, 1.807) is 31.4 Å². The highest BCUT2D eigenvalue weighted by atomic mass is 19.3. The van der Waals surface area contributed by atoms with Gasteiger partial charge >= 0.3 is 6.61 Å². The number of allylic oxidation sites excluding steroid dienone is 1. The van der Waals surface area contributed by atoms with Crippen LogP contribution in [0.5, 0.6) is 11.5 Å². The highest BCUT2D eigenvalue weighted by Crippen LogP contribution is 2.18. The zero-order chi connectivity index (χ0) is 15.9. The standard InChI is InChI=1S/C17H14F2O3/c1-21-14-6-2-4-12(10-14)8-9-16(20)13-5-3-7-15(11-13)22-17(18)19/h2-11,17H,1H3/b9-8+. The molecular weight excluding hydrogens is 290 g/mol. The van der Waals surface area contributed by atoms with E-state index in [2.05, 4.69) is 4.74 Å². The number of alkyl halides is 2. The lowest BCUT2D eigenvalue weighted by Crippen LogP contribution is -2.03. The van der Waals surface area contributed by atoms with E-state index < -0.39 is 6.61 Å². The molecule has 0 aliphatic carbocycles. The molecule has 0 N–H and O–H groups in total. The molecule has 0 bridgehead atoms. The molecule has 2 aromatic rings. The predicted octanol–water partition coefficient (Wildman–Crippen LogP) is 4.19. The second-order valence-electron chi connectivity index (χ2n) is 4.38. The SMILES string of the molecule is COc1cccc(/C=C/C(=O)c2cccc(OC(F)F)c2)c1. The Hall–Kier alpha value is -2.69.